The van der Waals surface area contributed by atoms with E-state index >= 15 is 0 Å². The lowest BCUT2D eigenvalue weighted by molar-refractivity contribution is -0.142. The molecule has 0 fully saturated rings. The average Bonchev–Trinajstić information content (AvgIpc) is 2.71. The van der Waals surface area contributed by atoms with Crippen molar-refractivity contribution >= 4 is 23.6 Å². The maximum Gasteiger partial charge on any atom is 0.349 e. The van der Waals surface area contributed by atoms with E-state index in [1.807, 2.05) is 44.2 Å². The summed E-state index contributed by atoms with van der Waals surface area (Å²) in [5.41, 5.74) is 3.37. The number of benzene rings is 2. The van der Waals surface area contributed by atoms with Crippen molar-refractivity contribution in [2.24, 2.45) is 0 Å². The second-order valence-electron chi connectivity index (χ2n) is 5.86. The van der Waals surface area contributed by atoms with Gasteiger partial charge in [-0.2, -0.15) is 5.26 Å². The molecule has 0 aromatic heterocycles. The number of para-hydroxylation sites is 1. The van der Waals surface area contributed by atoms with Crippen LogP contribution in [0.3, 0.4) is 0 Å². The molecule has 0 bridgehead atoms. The van der Waals surface area contributed by atoms with Crippen LogP contribution in [0, 0.1) is 11.3 Å². The normalized spacial score (nSPS) is 10.8. The lowest BCUT2D eigenvalue weighted by Crippen LogP contribution is -2.22. The number of nitrogens with one attached hydrogen (secondary N) is 1. The third kappa shape index (κ3) is 5.55. The van der Waals surface area contributed by atoms with Gasteiger partial charge >= 0.3 is 5.97 Å². The minimum atomic E-state index is -0.823. The molecule has 0 aliphatic rings. The number of nitriles is 1. The highest BCUT2D eigenvalue weighted by atomic mass is 16.5. The third-order valence-corrected chi connectivity index (χ3v) is 4.05. The molecule has 0 saturated carbocycles. The fourth-order valence-corrected chi connectivity index (χ4v) is 2.64. The van der Waals surface area contributed by atoms with Crippen LogP contribution >= 0.6 is 0 Å². The number of carbonyl (C=O) groups is 2. The van der Waals surface area contributed by atoms with Gasteiger partial charge in [-0.05, 0) is 35.6 Å². The van der Waals surface area contributed by atoms with E-state index in [0.717, 1.165) is 29.7 Å². The van der Waals surface area contributed by atoms with Gasteiger partial charge in [-0.3, -0.25) is 4.79 Å². The first-order valence-corrected chi connectivity index (χ1v) is 8.83. The number of ether oxygens (including phenoxy) is 1. The van der Waals surface area contributed by atoms with E-state index in [1.165, 1.54) is 6.08 Å². The van der Waals surface area contributed by atoms with Crippen molar-refractivity contribution in [2.45, 2.75) is 26.7 Å². The third-order valence-electron chi connectivity index (χ3n) is 4.05. The molecule has 0 spiro atoms. The van der Waals surface area contributed by atoms with Crippen LogP contribution in [0.2, 0.25) is 0 Å². The Bertz CT molecular complexity index is 858. The Hall–Kier alpha value is -3.39. The van der Waals surface area contributed by atoms with Crippen molar-refractivity contribution in [1.82, 2.24) is 0 Å². The van der Waals surface area contributed by atoms with Gasteiger partial charge in [-0.15, -0.1) is 0 Å². The molecule has 0 saturated heterocycles. The summed E-state index contributed by atoms with van der Waals surface area (Å²) < 4.78 is 5.01. The van der Waals surface area contributed by atoms with Gasteiger partial charge < -0.3 is 10.1 Å². The molecule has 5 nitrogen and oxygen atoms in total. The van der Waals surface area contributed by atoms with Gasteiger partial charge in [-0.25, -0.2) is 4.79 Å². The first-order chi connectivity index (χ1) is 13.1. The van der Waals surface area contributed by atoms with Crippen molar-refractivity contribution in [3.63, 3.8) is 0 Å². The second kappa shape index (κ2) is 9.93. The smallest absolute Gasteiger partial charge is 0.349 e. The van der Waals surface area contributed by atoms with Crippen LogP contribution in [-0.4, -0.2) is 18.5 Å². The van der Waals surface area contributed by atoms with E-state index in [9.17, 15) is 14.9 Å². The number of anilines is 1. The van der Waals surface area contributed by atoms with Crippen molar-refractivity contribution in [3.05, 3.63) is 70.8 Å². The maximum atomic E-state index is 12.2. The lowest BCUT2D eigenvalue weighted by atomic mass is 10.0. The molecule has 0 aliphatic heterocycles. The zero-order valence-electron chi connectivity index (χ0n) is 15.5. The number of carbonyl (C=O) groups excluding carboxylic acids is 2. The fourth-order valence-electron chi connectivity index (χ4n) is 2.64. The van der Waals surface area contributed by atoms with Crippen molar-refractivity contribution in [2.75, 3.05) is 11.9 Å². The summed E-state index contributed by atoms with van der Waals surface area (Å²) in [6, 6.07) is 16.7. The fraction of sp³-hybridized carbons (Fsp3) is 0.227. The molecule has 0 aliphatic carbocycles. The Kier molecular flexibility index (Phi) is 7.33. The second-order valence-corrected chi connectivity index (χ2v) is 5.86. The molecule has 1 amide bonds. The van der Waals surface area contributed by atoms with E-state index in [2.05, 4.69) is 5.32 Å². The van der Waals surface area contributed by atoms with E-state index < -0.39 is 18.5 Å². The maximum absolute atomic E-state index is 12.2. The summed E-state index contributed by atoms with van der Waals surface area (Å²) in [7, 11) is 0. The Morgan fingerprint density at radius 2 is 1.67 bits per heavy atom. The van der Waals surface area contributed by atoms with Gasteiger partial charge in [0.05, 0.1) is 0 Å². The van der Waals surface area contributed by atoms with Crippen molar-refractivity contribution < 1.29 is 14.3 Å². The van der Waals surface area contributed by atoms with E-state index in [4.69, 9.17) is 4.74 Å². The summed E-state index contributed by atoms with van der Waals surface area (Å²) in [6.07, 6.45) is 2.99. The highest BCUT2D eigenvalue weighted by Gasteiger charge is 2.15. The van der Waals surface area contributed by atoms with Crippen molar-refractivity contribution in [1.29, 1.82) is 5.26 Å². The molecule has 2 aromatic rings. The zero-order valence-corrected chi connectivity index (χ0v) is 15.5. The summed E-state index contributed by atoms with van der Waals surface area (Å²) in [5, 5.41) is 12.0. The van der Waals surface area contributed by atoms with Gasteiger partial charge in [0, 0.05) is 5.69 Å². The van der Waals surface area contributed by atoms with E-state index in [0.29, 0.717) is 5.56 Å². The molecule has 1 N–H and O–H groups in total. The van der Waals surface area contributed by atoms with Crippen LogP contribution in [0.5, 0.6) is 0 Å². The standard InChI is InChI=1S/C22H22N2O3/c1-3-17-11-8-12-18(4-2)21(17)24-20(25)15-27-22(26)19(14-23)13-16-9-6-5-7-10-16/h5-13H,3-4,15H2,1-2H3,(H,24,25)/b19-13-. The van der Waals surface area contributed by atoms with Crippen LogP contribution in [0.15, 0.2) is 54.1 Å². The number of amides is 1. The molecular formula is C22H22N2O3. The minimum Gasteiger partial charge on any atom is -0.451 e. The number of hydrogen-bond acceptors (Lipinski definition) is 4. The summed E-state index contributed by atoms with van der Waals surface area (Å²) >= 11 is 0. The molecule has 0 radical (unpaired) electrons. The Balaban J connectivity index is 2.02. The van der Waals surface area contributed by atoms with Gasteiger partial charge in [-0.1, -0.05) is 62.4 Å². The Morgan fingerprint density at radius 3 is 2.22 bits per heavy atom. The molecule has 5 heteroatoms. The highest BCUT2D eigenvalue weighted by Crippen LogP contribution is 2.22. The molecule has 27 heavy (non-hydrogen) atoms. The highest BCUT2D eigenvalue weighted by molar-refractivity contribution is 6.00. The molecule has 138 valence electrons. The Morgan fingerprint density at radius 1 is 1.04 bits per heavy atom. The number of esters is 1. The SMILES string of the molecule is CCc1cccc(CC)c1NC(=O)COC(=O)/C(C#N)=C\c1ccccc1. The quantitative estimate of drug-likeness (QED) is 0.460. The zero-order chi connectivity index (χ0) is 19.6. The van der Waals surface area contributed by atoms with Gasteiger partial charge in [0.1, 0.15) is 11.6 Å². The van der Waals surface area contributed by atoms with Crippen LogP contribution < -0.4 is 5.32 Å². The number of nitrogens with zero attached hydrogens (tertiary/aromatic N) is 1. The van der Waals surface area contributed by atoms with Crippen LogP contribution in [-0.2, 0) is 27.2 Å². The van der Waals surface area contributed by atoms with E-state index in [-0.39, 0.29) is 5.57 Å². The summed E-state index contributed by atoms with van der Waals surface area (Å²) in [6.45, 7) is 3.57. The predicted molar refractivity (Wildman–Crippen MR) is 105 cm³/mol. The van der Waals surface area contributed by atoms with Gasteiger partial charge in [0.2, 0.25) is 0 Å². The van der Waals surface area contributed by atoms with Crippen LogP contribution in [0.4, 0.5) is 5.69 Å². The monoisotopic (exact) mass is 362 g/mol. The molecule has 0 heterocycles. The first-order valence-electron chi connectivity index (χ1n) is 8.83. The lowest BCUT2D eigenvalue weighted by Gasteiger charge is -2.14. The average molecular weight is 362 g/mol. The van der Waals surface area contributed by atoms with Gasteiger partial charge in [0.25, 0.3) is 5.91 Å². The molecular weight excluding hydrogens is 340 g/mol. The Labute approximate surface area is 159 Å². The first kappa shape index (κ1) is 19.9. The van der Waals surface area contributed by atoms with Crippen LogP contribution in [0.1, 0.15) is 30.5 Å². The minimum absolute atomic E-state index is 0.155. The number of hydrogen-bond donors (Lipinski definition) is 1. The summed E-state index contributed by atoms with van der Waals surface area (Å²) in [5.74, 6) is -1.26. The van der Waals surface area contributed by atoms with Crippen LogP contribution in [0.25, 0.3) is 6.08 Å². The summed E-state index contributed by atoms with van der Waals surface area (Å²) in [4.78, 5) is 24.3. The molecule has 2 aromatic carbocycles. The van der Waals surface area contributed by atoms with Crippen molar-refractivity contribution in [3.8, 4) is 6.07 Å². The van der Waals surface area contributed by atoms with Gasteiger partial charge in [0.15, 0.2) is 6.61 Å². The molecule has 0 atom stereocenters. The number of rotatable bonds is 7. The topological polar surface area (TPSA) is 79.2 Å². The molecule has 0 unspecified atom stereocenters. The molecule has 2 rings (SSSR count). The largest absolute Gasteiger partial charge is 0.451 e. The predicted octanol–water partition coefficient (Wildman–Crippen LogP) is 3.90. The van der Waals surface area contributed by atoms with E-state index in [1.54, 1.807) is 24.3 Å². The number of aryl methyl sites for hydroxylation is 2.